The molecule has 182 valence electrons. The maximum absolute atomic E-state index is 12.8. The number of rotatable bonds is 8. The largest absolute Gasteiger partial charge is 0.344 e. The number of anilines is 1. The molecule has 1 aromatic heterocycles. The van der Waals surface area contributed by atoms with E-state index in [0.717, 1.165) is 28.7 Å². The van der Waals surface area contributed by atoms with Crippen molar-refractivity contribution in [2.75, 3.05) is 18.0 Å². The highest BCUT2D eigenvalue weighted by molar-refractivity contribution is 5.98. The number of hydrogen-bond donors (Lipinski definition) is 3. The Morgan fingerprint density at radius 1 is 0.972 bits per heavy atom. The fourth-order valence-corrected chi connectivity index (χ4v) is 4.43. The highest BCUT2D eigenvalue weighted by Gasteiger charge is 2.22. The second kappa shape index (κ2) is 10.4. The lowest BCUT2D eigenvalue weighted by molar-refractivity contribution is -0.121. The zero-order valence-electron chi connectivity index (χ0n) is 19.7. The molecule has 0 saturated carbocycles. The molecule has 8 heteroatoms. The fraction of sp³-hybridized carbons (Fsp3) is 0.214. The van der Waals surface area contributed by atoms with Crippen molar-refractivity contribution in [2.45, 2.75) is 25.3 Å². The predicted octanol–water partition coefficient (Wildman–Crippen LogP) is 3.52. The van der Waals surface area contributed by atoms with Crippen LogP contribution in [0.3, 0.4) is 0 Å². The smallest absolute Gasteiger partial charge is 0.251 e. The number of amides is 3. The number of fused-ring (bicyclic) bond motifs is 1. The normalized spacial score (nSPS) is 14.1. The summed E-state index contributed by atoms with van der Waals surface area (Å²) in [6.45, 7) is 0.524. The SMILES string of the molecule is O=C(CNC(=O)c1ccc(N2CCCC2=O)cc1)N[C@@H](Cc1ccccc1)c1nc2ccccc2[nH]1. The first kappa shape index (κ1) is 23.3. The third kappa shape index (κ3) is 5.27. The first-order valence-corrected chi connectivity index (χ1v) is 12.0. The van der Waals surface area contributed by atoms with Crippen LogP contribution in [0.25, 0.3) is 11.0 Å². The van der Waals surface area contributed by atoms with Crippen LogP contribution in [-0.4, -0.2) is 40.8 Å². The molecule has 5 rings (SSSR count). The average Bonchev–Trinajstić information content (AvgIpc) is 3.54. The molecule has 1 saturated heterocycles. The molecule has 1 aliphatic heterocycles. The van der Waals surface area contributed by atoms with Gasteiger partial charge in [0.15, 0.2) is 0 Å². The summed E-state index contributed by atoms with van der Waals surface area (Å²) in [6, 6.07) is 24.0. The molecular formula is C28H27N5O3. The van der Waals surface area contributed by atoms with E-state index in [1.54, 1.807) is 29.2 Å². The predicted molar refractivity (Wildman–Crippen MR) is 137 cm³/mol. The Hall–Kier alpha value is -4.46. The van der Waals surface area contributed by atoms with Gasteiger partial charge in [-0.1, -0.05) is 42.5 Å². The molecule has 4 aromatic rings. The Labute approximate surface area is 208 Å². The summed E-state index contributed by atoms with van der Waals surface area (Å²) in [6.07, 6.45) is 1.95. The fourth-order valence-electron chi connectivity index (χ4n) is 4.43. The number of benzene rings is 3. The lowest BCUT2D eigenvalue weighted by Gasteiger charge is -2.18. The number of nitrogens with zero attached hydrogens (tertiary/aromatic N) is 2. The van der Waals surface area contributed by atoms with Gasteiger partial charge in [-0.3, -0.25) is 14.4 Å². The van der Waals surface area contributed by atoms with Crippen molar-refractivity contribution in [3.63, 3.8) is 0 Å². The van der Waals surface area contributed by atoms with Crippen molar-refractivity contribution < 1.29 is 14.4 Å². The second-order valence-electron chi connectivity index (χ2n) is 8.83. The Balaban J connectivity index is 1.23. The highest BCUT2D eigenvalue weighted by atomic mass is 16.2. The second-order valence-corrected chi connectivity index (χ2v) is 8.83. The zero-order chi connectivity index (χ0) is 24.9. The number of aromatic amines is 1. The van der Waals surface area contributed by atoms with Gasteiger partial charge in [0.1, 0.15) is 5.82 Å². The zero-order valence-corrected chi connectivity index (χ0v) is 19.7. The number of carbonyl (C=O) groups excluding carboxylic acids is 3. The van der Waals surface area contributed by atoms with Crippen LogP contribution in [0.15, 0.2) is 78.9 Å². The molecular weight excluding hydrogens is 454 g/mol. The molecule has 0 unspecified atom stereocenters. The van der Waals surface area contributed by atoms with Gasteiger partial charge in [0.2, 0.25) is 11.8 Å². The van der Waals surface area contributed by atoms with E-state index in [1.807, 2.05) is 54.6 Å². The first-order valence-electron chi connectivity index (χ1n) is 12.0. The summed E-state index contributed by atoms with van der Waals surface area (Å²) in [7, 11) is 0. The molecule has 0 bridgehead atoms. The van der Waals surface area contributed by atoms with E-state index in [0.29, 0.717) is 30.8 Å². The molecule has 3 amide bonds. The van der Waals surface area contributed by atoms with Crippen molar-refractivity contribution in [3.8, 4) is 0 Å². The molecule has 2 heterocycles. The van der Waals surface area contributed by atoms with Crippen LogP contribution in [0.1, 0.15) is 40.6 Å². The van der Waals surface area contributed by atoms with Crippen molar-refractivity contribution >= 4 is 34.4 Å². The average molecular weight is 482 g/mol. The monoisotopic (exact) mass is 481 g/mol. The molecule has 1 fully saturated rings. The maximum atomic E-state index is 12.8. The standard InChI is InChI=1S/C28H27N5O3/c34-25(18-29-28(36)20-12-14-21(15-13-20)33-16-6-11-26(33)35)30-24(17-19-7-2-1-3-8-19)27-31-22-9-4-5-10-23(22)32-27/h1-5,7-10,12-15,24H,6,11,16-18H2,(H,29,36)(H,30,34)(H,31,32)/t24-/m0/s1. The van der Waals surface area contributed by atoms with Crippen molar-refractivity contribution in [3.05, 3.63) is 95.8 Å². The van der Waals surface area contributed by atoms with E-state index in [1.165, 1.54) is 0 Å². The van der Waals surface area contributed by atoms with Gasteiger partial charge in [0.25, 0.3) is 5.91 Å². The van der Waals surface area contributed by atoms with E-state index in [9.17, 15) is 14.4 Å². The van der Waals surface area contributed by atoms with Crippen molar-refractivity contribution in [1.82, 2.24) is 20.6 Å². The van der Waals surface area contributed by atoms with Crippen LogP contribution < -0.4 is 15.5 Å². The van der Waals surface area contributed by atoms with Crippen LogP contribution in [0.5, 0.6) is 0 Å². The van der Waals surface area contributed by atoms with Crippen molar-refractivity contribution in [1.29, 1.82) is 0 Å². The number of para-hydroxylation sites is 2. The van der Waals surface area contributed by atoms with Gasteiger partial charge in [-0.05, 0) is 54.8 Å². The third-order valence-electron chi connectivity index (χ3n) is 6.28. The minimum atomic E-state index is -0.388. The number of hydrogen-bond acceptors (Lipinski definition) is 4. The van der Waals surface area contributed by atoms with Crippen molar-refractivity contribution in [2.24, 2.45) is 0 Å². The van der Waals surface area contributed by atoms with Crippen LogP contribution >= 0.6 is 0 Å². The lowest BCUT2D eigenvalue weighted by Crippen LogP contribution is -2.39. The molecule has 0 aliphatic carbocycles. The quantitative estimate of drug-likeness (QED) is 0.358. The lowest BCUT2D eigenvalue weighted by atomic mass is 10.1. The van der Waals surface area contributed by atoms with Gasteiger partial charge in [0.05, 0.1) is 23.6 Å². The number of imidazole rings is 1. The molecule has 0 spiro atoms. The Morgan fingerprint density at radius 2 is 1.72 bits per heavy atom. The molecule has 3 N–H and O–H groups in total. The summed E-state index contributed by atoms with van der Waals surface area (Å²) >= 11 is 0. The van der Waals surface area contributed by atoms with Gasteiger partial charge >= 0.3 is 0 Å². The molecule has 36 heavy (non-hydrogen) atoms. The summed E-state index contributed by atoms with van der Waals surface area (Å²) in [5.74, 6) is 0.0852. The minimum absolute atomic E-state index is 0.0957. The highest BCUT2D eigenvalue weighted by Crippen LogP contribution is 2.22. The molecule has 1 atom stereocenters. The summed E-state index contributed by atoms with van der Waals surface area (Å²) in [5, 5.41) is 5.69. The Bertz CT molecular complexity index is 1350. The molecule has 0 radical (unpaired) electrons. The van der Waals surface area contributed by atoms with Crippen LogP contribution in [0, 0.1) is 0 Å². The topological polar surface area (TPSA) is 107 Å². The summed E-state index contributed by atoms with van der Waals surface area (Å²) in [4.78, 5) is 47.1. The van der Waals surface area contributed by atoms with Gasteiger partial charge in [-0.25, -0.2) is 4.98 Å². The number of nitrogens with one attached hydrogen (secondary N) is 3. The molecule has 8 nitrogen and oxygen atoms in total. The molecule has 3 aromatic carbocycles. The van der Waals surface area contributed by atoms with Crippen LogP contribution in [0.2, 0.25) is 0 Å². The summed E-state index contributed by atoms with van der Waals surface area (Å²) < 4.78 is 0. The number of aromatic nitrogens is 2. The van der Waals surface area contributed by atoms with E-state index in [4.69, 9.17) is 0 Å². The maximum Gasteiger partial charge on any atom is 0.251 e. The number of H-pyrrole nitrogens is 1. The first-order chi connectivity index (χ1) is 17.6. The van der Waals surface area contributed by atoms with Gasteiger partial charge in [0, 0.05) is 24.2 Å². The minimum Gasteiger partial charge on any atom is -0.344 e. The van der Waals surface area contributed by atoms with Crippen LogP contribution in [-0.2, 0) is 16.0 Å². The van der Waals surface area contributed by atoms with E-state index >= 15 is 0 Å². The molecule has 1 aliphatic rings. The Morgan fingerprint density at radius 3 is 2.44 bits per heavy atom. The van der Waals surface area contributed by atoms with Gasteiger partial charge in [-0.2, -0.15) is 0 Å². The summed E-state index contributed by atoms with van der Waals surface area (Å²) in [5.41, 5.74) is 3.99. The van der Waals surface area contributed by atoms with E-state index in [2.05, 4.69) is 20.6 Å². The van der Waals surface area contributed by atoms with Gasteiger partial charge < -0.3 is 20.5 Å². The van der Waals surface area contributed by atoms with E-state index in [-0.39, 0.29) is 30.3 Å². The van der Waals surface area contributed by atoms with E-state index < -0.39 is 0 Å². The Kier molecular flexibility index (Phi) is 6.75. The van der Waals surface area contributed by atoms with Crippen LogP contribution in [0.4, 0.5) is 5.69 Å². The number of carbonyl (C=O) groups is 3. The third-order valence-corrected chi connectivity index (χ3v) is 6.28. The van der Waals surface area contributed by atoms with Gasteiger partial charge in [-0.15, -0.1) is 0 Å².